The fourth-order valence-corrected chi connectivity index (χ4v) is 1.88. The smallest absolute Gasteiger partial charge is 0.308 e. The van der Waals surface area contributed by atoms with Crippen molar-refractivity contribution >= 4 is 10.9 Å². The van der Waals surface area contributed by atoms with E-state index in [2.05, 4.69) is 15.1 Å². The van der Waals surface area contributed by atoms with Gasteiger partial charge in [-0.3, -0.25) is 9.36 Å². The monoisotopic (exact) mass is 257 g/mol. The van der Waals surface area contributed by atoms with E-state index in [0.717, 1.165) is 0 Å². The fourth-order valence-electron chi connectivity index (χ4n) is 1.88. The van der Waals surface area contributed by atoms with Gasteiger partial charge in [-0.25, -0.2) is 14.5 Å². The van der Waals surface area contributed by atoms with Crippen LogP contribution in [0.25, 0.3) is 10.9 Å². The summed E-state index contributed by atoms with van der Waals surface area (Å²) in [5, 5.41) is 4.45. The predicted molar refractivity (Wildman–Crippen MR) is 68.9 cm³/mol. The second-order valence-corrected chi connectivity index (χ2v) is 4.21. The van der Waals surface area contributed by atoms with Crippen molar-refractivity contribution < 1.29 is 0 Å². The summed E-state index contributed by atoms with van der Waals surface area (Å²) in [5.74, 6) is 0.407. The first-order valence-corrected chi connectivity index (χ1v) is 5.71. The molecule has 1 N–H and O–H groups in total. The van der Waals surface area contributed by atoms with Crippen LogP contribution in [0.5, 0.6) is 0 Å². The Bertz CT molecular complexity index is 858. The lowest BCUT2D eigenvalue weighted by molar-refractivity contribution is 0.622. The average molecular weight is 257 g/mol. The molecule has 3 aromatic rings. The van der Waals surface area contributed by atoms with E-state index in [9.17, 15) is 9.59 Å². The second kappa shape index (κ2) is 4.20. The van der Waals surface area contributed by atoms with Crippen molar-refractivity contribution in [2.75, 3.05) is 0 Å². The molecule has 0 aliphatic heterocycles. The number of hydrogen-bond donors (Lipinski definition) is 1. The zero-order chi connectivity index (χ0) is 13.4. The highest BCUT2D eigenvalue weighted by Crippen LogP contribution is 2.05. The number of nitrogens with one attached hydrogen (secondary N) is 1. The molecule has 0 aliphatic carbocycles. The minimum absolute atomic E-state index is 0.139. The minimum Gasteiger partial charge on any atom is -0.308 e. The zero-order valence-corrected chi connectivity index (χ0v) is 10.2. The van der Waals surface area contributed by atoms with Crippen LogP contribution < -0.4 is 11.2 Å². The predicted octanol–water partition coefficient (Wildman–Crippen LogP) is -0.133. The molecule has 0 saturated carbocycles. The molecule has 96 valence electrons. The summed E-state index contributed by atoms with van der Waals surface area (Å²) in [6.45, 7) is 0.139. The average Bonchev–Trinajstić information content (AvgIpc) is 2.71. The van der Waals surface area contributed by atoms with Gasteiger partial charge < -0.3 is 4.98 Å². The van der Waals surface area contributed by atoms with Crippen molar-refractivity contribution in [1.82, 2.24) is 24.3 Å². The summed E-state index contributed by atoms with van der Waals surface area (Å²) in [5.41, 5.74) is 0.130. The number of H-pyrrole nitrogens is 1. The van der Waals surface area contributed by atoms with E-state index < -0.39 is 0 Å². The third kappa shape index (κ3) is 1.95. The molecule has 0 bridgehead atoms. The van der Waals surface area contributed by atoms with Gasteiger partial charge in [-0.15, -0.1) is 0 Å². The summed E-state index contributed by atoms with van der Waals surface area (Å²) in [6, 6.07) is 7.06. The lowest BCUT2D eigenvalue weighted by atomic mass is 10.2. The van der Waals surface area contributed by atoms with Gasteiger partial charge in [0, 0.05) is 7.05 Å². The van der Waals surface area contributed by atoms with E-state index in [0.29, 0.717) is 16.7 Å². The quantitative estimate of drug-likeness (QED) is 0.692. The molecule has 0 spiro atoms. The molecule has 0 amide bonds. The topological polar surface area (TPSA) is 85.6 Å². The van der Waals surface area contributed by atoms with Gasteiger partial charge >= 0.3 is 5.69 Å². The lowest BCUT2D eigenvalue weighted by Gasteiger charge is -2.02. The normalized spacial score (nSPS) is 11.0. The number of rotatable bonds is 2. The van der Waals surface area contributed by atoms with E-state index in [-0.39, 0.29) is 17.8 Å². The summed E-state index contributed by atoms with van der Waals surface area (Å²) in [4.78, 5) is 30.5. The van der Waals surface area contributed by atoms with Crippen LogP contribution in [-0.2, 0) is 13.6 Å². The first kappa shape index (κ1) is 11.4. The van der Waals surface area contributed by atoms with Crippen molar-refractivity contribution in [3.63, 3.8) is 0 Å². The maximum absolute atomic E-state index is 11.9. The molecule has 0 atom stereocenters. The Balaban J connectivity index is 2.09. The number of fused-ring (bicyclic) bond motifs is 1. The van der Waals surface area contributed by atoms with Crippen molar-refractivity contribution in [3.8, 4) is 0 Å². The lowest BCUT2D eigenvalue weighted by Crippen LogP contribution is -2.25. The van der Waals surface area contributed by atoms with E-state index in [1.54, 1.807) is 25.2 Å². The molecule has 2 heterocycles. The van der Waals surface area contributed by atoms with Gasteiger partial charge in [-0.1, -0.05) is 12.1 Å². The van der Waals surface area contributed by atoms with Crippen LogP contribution in [0.15, 0.2) is 40.2 Å². The molecule has 7 heteroatoms. The molecule has 2 aromatic heterocycles. The number of para-hydroxylation sites is 1. The number of benzene rings is 1. The van der Waals surface area contributed by atoms with E-state index >= 15 is 0 Å². The molecule has 0 unspecified atom stereocenters. The molecule has 7 nitrogen and oxygen atoms in total. The summed E-state index contributed by atoms with van der Waals surface area (Å²) < 4.78 is 2.60. The molecule has 0 aliphatic rings. The molecular weight excluding hydrogens is 246 g/mol. The number of hydrogen-bond acceptors (Lipinski definition) is 4. The Morgan fingerprint density at radius 3 is 2.79 bits per heavy atom. The maximum atomic E-state index is 11.9. The van der Waals surface area contributed by atoms with Gasteiger partial charge in [0.15, 0.2) is 0 Å². The largest absolute Gasteiger partial charge is 0.345 e. The van der Waals surface area contributed by atoms with Crippen LogP contribution in [0, 0.1) is 0 Å². The van der Waals surface area contributed by atoms with Crippen molar-refractivity contribution in [2.24, 2.45) is 7.05 Å². The first-order valence-electron chi connectivity index (χ1n) is 5.71. The maximum Gasteiger partial charge on any atom is 0.345 e. The molecule has 0 saturated heterocycles. The van der Waals surface area contributed by atoms with Crippen molar-refractivity contribution in [2.45, 2.75) is 6.54 Å². The summed E-state index contributed by atoms with van der Waals surface area (Å²) in [7, 11) is 1.61. The van der Waals surface area contributed by atoms with Crippen LogP contribution in [0.1, 0.15) is 5.82 Å². The molecule has 19 heavy (non-hydrogen) atoms. The highest BCUT2D eigenvalue weighted by molar-refractivity contribution is 5.77. The van der Waals surface area contributed by atoms with E-state index in [4.69, 9.17) is 0 Å². The Labute approximate surface area is 107 Å². The van der Waals surface area contributed by atoms with Crippen LogP contribution in [0.4, 0.5) is 0 Å². The highest BCUT2D eigenvalue weighted by Gasteiger charge is 2.07. The third-order valence-electron chi connectivity index (χ3n) is 2.85. The molecule has 0 fully saturated rings. The number of nitrogens with zero attached hydrogens (tertiary/aromatic N) is 4. The van der Waals surface area contributed by atoms with E-state index in [1.165, 1.54) is 15.6 Å². The molecule has 0 radical (unpaired) electrons. The molecule has 1 aromatic carbocycles. The third-order valence-corrected chi connectivity index (χ3v) is 2.85. The SMILES string of the molecule is Cn1cnn(Cc2nc3ccccc3c(=O)[nH]2)c1=O. The van der Waals surface area contributed by atoms with Crippen LogP contribution in [0.3, 0.4) is 0 Å². The second-order valence-electron chi connectivity index (χ2n) is 4.21. The Morgan fingerprint density at radius 1 is 1.26 bits per heavy atom. The van der Waals surface area contributed by atoms with Crippen LogP contribution >= 0.6 is 0 Å². The first-order chi connectivity index (χ1) is 9.15. The number of aryl methyl sites for hydroxylation is 1. The molecule has 3 rings (SSSR count). The van der Waals surface area contributed by atoms with Gasteiger partial charge in [-0.05, 0) is 12.1 Å². The van der Waals surface area contributed by atoms with Crippen molar-refractivity contribution in [1.29, 1.82) is 0 Å². The standard InChI is InChI=1S/C12H11N5O2/c1-16-7-13-17(12(16)19)6-10-14-9-5-3-2-4-8(9)11(18)15-10/h2-5,7H,6H2,1H3,(H,14,15,18). The fraction of sp³-hybridized carbons (Fsp3) is 0.167. The van der Waals surface area contributed by atoms with Gasteiger partial charge in [0.05, 0.1) is 10.9 Å². The van der Waals surface area contributed by atoms with Gasteiger partial charge in [0.2, 0.25) is 0 Å². The van der Waals surface area contributed by atoms with Gasteiger partial charge in [-0.2, -0.15) is 5.10 Å². The van der Waals surface area contributed by atoms with Gasteiger partial charge in [0.1, 0.15) is 18.7 Å². The van der Waals surface area contributed by atoms with Crippen LogP contribution in [0.2, 0.25) is 0 Å². The minimum atomic E-state index is -0.254. The van der Waals surface area contributed by atoms with Crippen molar-refractivity contribution in [3.05, 3.63) is 57.3 Å². The summed E-state index contributed by atoms with van der Waals surface area (Å²) in [6.07, 6.45) is 1.42. The van der Waals surface area contributed by atoms with E-state index in [1.807, 2.05) is 6.07 Å². The zero-order valence-electron chi connectivity index (χ0n) is 10.2. The van der Waals surface area contributed by atoms with Gasteiger partial charge in [0.25, 0.3) is 5.56 Å². The van der Waals surface area contributed by atoms with Crippen LogP contribution in [-0.4, -0.2) is 24.3 Å². The Kier molecular flexibility index (Phi) is 2.52. The summed E-state index contributed by atoms with van der Waals surface area (Å²) >= 11 is 0. The number of aromatic nitrogens is 5. The molecular formula is C12H11N5O2. The Hall–Kier alpha value is -2.70. The number of aromatic amines is 1. The highest BCUT2D eigenvalue weighted by atomic mass is 16.2. The Morgan fingerprint density at radius 2 is 2.05 bits per heavy atom.